The fraction of sp³-hybridized carbons (Fsp3) is 0.462. The average Bonchev–Trinajstić information content (AvgIpc) is 2.25. The summed E-state index contributed by atoms with van der Waals surface area (Å²) in [4.78, 5) is 11.7. The van der Waals surface area contributed by atoms with Crippen molar-refractivity contribution in [1.29, 1.82) is 0 Å². The molecule has 0 aliphatic carbocycles. The van der Waals surface area contributed by atoms with Gasteiger partial charge in [0.05, 0.1) is 0 Å². The van der Waals surface area contributed by atoms with Gasteiger partial charge >= 0.3 is 0 Å². The van der Waals surface area contributed by atoms with E-state index in [9.17, 15) is 4.79 Å². The van der Waals surface area contributed by atoms with Gasteiger partial charge in [0.1, 0.15) is 6.61 Å². The van der Waals surface area contributed by atoms with E-state index in [2.05, 4.69) is 29.8 Å². The molecule has 2 nitrogen and oxygen atoms in total. The molecule has 0 saturated carbocycles. The number of halogens is 1. The number of benzene rings is 1. The van der Waals surface area contributed by atoms with E-state index < -0.39 is 0 Å². The van der Waals surface area contributed by atoms with Gasteiger partial charge in [0.25, 0.3) is 0 Å². The van der Waals surface area contributed by atoms with Crippen LogP contribution in [0.4, 0.5) is 0 Å². The Morgan fingerprint density at radius 3 is 2.50 bits per heavy atom. The highest BCUT2D eigenvalue weighted by Crippen LogP contribution is 2.11. The van der Waals surface area contributed by atoms with Crippen molar-refractivity contribution in [2.75, 3.05) is 13.2 Å². The van der Waals surface area contributed by atoms with Gasteiger partial charge in [-0.1, -0.05) is 41.9 Å². The summed E-state index contributed by atoms with van der Waals surface area (Å²) in [5, 5.41) is 0. The lowest BCUT2D eigenvalue weighted by Gasteiger charge is -2.05. The first-order chi connectivity index (χ1) is 7.59. The Labute approximate surface area is 105 Å². The Morgan fingerprint density at radius 1 is 1.31 bits per heavy atom. The number of Topliss-reactive ketones (excluding diaryl/α,β-unsaturated/α-hetero) is 1. The maximum atomic E-state index is 11.7. The van der Waals surface area contributed by atoms with Gasteiger partial charge in [-0.3, -0.25) is 4.79 Å². The maximum Gasteiger partial charge on any atom is 0.188 e. The zero-order valence-corrected chi connectivity index (χ0v) is 11.3. The predicted octanol–water partition coefficient (Wildman–Crippen LogP) is 3.69. The van der Waals surface area contributed by atoms with E-state index in [4.69, 9.17) is 4.74 Å². The minimum absolute atomic E-state index is 0.0382. The van der Waals surface area contributed by atoms with Gasteiger partial charge in [-0.15, -0.1) is 0 Å². The Balaban J connectivity index is 2.32. The molecule has 3 heteroatoms. The largest absolute Gasteiger partial charge is 0.373 e. The molecular formula is C13H17BrO2. The Kier molecular flexibility index (Phi) is 5.71. The van der Waals surface area contributed by atoms with Crippen LogP contribution in [0.25, 0.3) is 0 Å². The molecule has 0 radical (unpaired) electrons. The second-order valence-corrected chi connectivity index (χ2v) is 5.08. The van der Waals surface area contributed by atoms with E-state index in [0.29, 0.717) is 18.1 Å². The van der Waals surface area contributed by atoms with Crippen LogP contribution in [0.1, 0.15) is 30.6 Å². The second kappa shape index (κ2) is 6.81. The fourth-order valence-electron chi connectivity index (χ4n) is 1.20. The summed E-state index contributed by atoms with van der Waals surface area (Å²) in [5.74, 6) is 0.652. The van der Waals surface area contributed by atoms with E-state index in [1.54, 1.807) is 12.1 Å². The molecule has 0 heterocycles. The smallest absolute Gasteiger partial charge is 0.188 e. The van der Waals surface area contributed by atoms with Crippen LogP contribution < -0.4 is 0 Å². The van der Waals surface area contributed by atoms with Gasteiger partial charge in [-0.25, -0.2) is 0 Å². The molecule has 88 valence electrons. The predicted molar refractivity (Wildman–Crippen MR) is 68.7 cm³/mol. The lowest BCUT2D eigenvalue weighted by molar-refractivity contribution is 0.0739. The minimum Gasteiger partial charge on any atom is -0.373 e. The van der Waals surface area contributed by atoms with Gasteiger partial charge in [0.15, 0.2) is 5.78 Å². The molecule has 0 atom stereocenters. The van der Waals surface area contributed by atoms with Crippen molar-refractivity contribution < 1.29 is 9.53 Å². The second-order valence-electron chi connectivity index (χ2n) is 4.17. The van der Waals surface area contributed by atoms with Crippen molar-refractivity contribution in [3.8, 4) is 0 Å². The molecule has 0 spiro atoms. The summed E-state index contributed by atoms with van der Waals surface area (Å²) in [7, 11) is 0. The van der Waals surface area contributed by atoms with E-state index >= 15 is 0 Å². The third kappa shape index (κ3) is 4.90. The number of ether oxygens (including phenoxy) is 1. The lowest BCUT2D eigenvalue weighted by atomic mass is 10.1. The number of carbonyl (C=O) groups is 1. The van der Waals surface area contributed by atoms with E-state index in [1.165, 1.54) is 0 Å². The molecular weight excluding hydrogens is 268 g/mol. The summed E-state index contributed by atoms with van der Waals surface area (Å²) in [6.07, 6.45) is 0.994. The molecule has 1 aromatic rings. The van der Waals surface area contributed by atoms with Crippen LogP contribution >= 0.6 is 15.9 Å². The topological polar surface area (TPSA) is 26.3 Å². The van der Waals surface area contributed by atoms with E-state index in [1.807, 2.05) is 12.1 Å². The highest BCUT2D eigenvalue weighted by Gasteiger charge is 2.05. The van der Waals surface area contributed by atoms with Gasteiger partial charge in [-0.2, -0.15) is 0 Å². The summed E-state index contributed by atoms with van der Waals surface area (Å²) >= 11 is 3.33. The molecule has 0 aliphatic heterocycles. The molecule has 0 aromatic heterocycles. The Bertz CT molecular complexity index is 330. The van der Waals surface area contributed by atoms with Crippen LogP contribution in [-0.4, -0.2) is 19.0 Å². The number of hydrogen-bond acceptors (Lipinski definition) is 2. The first kappa shape index (κ1) is 13.4. The lowest BCUT2D eigenvalue weighted by Crippen LogP contribution is -2.10. The first-order valence-corrected chi connectivity index (χ1v) is 6.25. The summed E-state index contributed by atoms with van der Waals surface area (Å²) in [6, 6.07) is 7.33. The molecule has 16 heavy (non-hydrogen) atoms. The summed E-state index contributed by atoms with van der Waals surface area (Å²) in [5.41, 5.74) is 0.702. The van der Waals surface area contributed by atoms with E-state index in [0.717, 1.165) is 10.9 Å². The van der Waals surface area contributed by atoms with Crippen molar-refractivity contribution in [3.05, 3.63) is 34.3 Å². The summed E-state index contributed by atoms with van der Waals surface area (Å²) in [6.45, 7) is 5.11. The molecule has 1 aromatic carbocycles. The minimum atomic E-state index is 0.0382. The molecule has 0 unspecified atom stereocenters. The Morgan fingerprint density at radius 2 is 1.94 bits per heavy atom. The van der Waals surface area contributed by atoms with Crippen LogP contribution in [0.2, 0.25) is 0 Å². The van der Waals surface area contributed by atoms with Gasteiger partial charge in [0, 0.05) is 16.6 Å². The van der Waals surface area contributed by atoms with Gasteiger partial charge in [0.2, 0.25) is 0 Å². The molecule has 1 rings (SSSR count). The SMILES string of the molecule is CC(C)CCOCC(=O)c1ccc(Br)cc1. The van der Waals surface area contributed by atoms with Gasteiger partial charge in [-0.05, 0) is 24.5 Å². The number of ketones is 1. The van der Waals surface area contributed by atoms with Crippen molar-refractivity contribution in [2.24, 2.45) is 5.92 Å². The number of carbonyl (C=O) groups excluding carboxylic acids is 1. The first-order valence-electron chi connectivity index (χ1n) is 5.46. The maximum absolute atomic E-state index is 11.7. The summed E-state index contributed by atoms with van der Waals surface area (Å²) < 4.78 is 6.31. The number of hydrogen-bond donors (Lipinski definition) is 0. The van der Waals surface area contributed by atoms with Crippen molar-refractivity contribution in [2.45, 2.75) is 20.3 Å². The normalized spacial score (nSPS) is 10.8. The van der Waals surface area contributed by atoms with Crippen molar-refractivity contribution >= 4 is 21.7 Å². The monoisotopic (exact) mass is 284 g/mol. The van der Waals surface area contributed by atoms with Crippen LogP contribution in [0.15, 0.2) is 28.7 Å². The van der Waals surface area contributed by atoms with Crippen molar-refractivity contribution in [1.82, 2.24) is 0 Å². The van der Waals surface area contributed by atoms with Gasteiger partial charge < -0.3 is 4.74 Å². The van der Waals surface area contributed by atoms with Crippen LogP contribution in [-0.2, 0) is 4.74 Å². The average molecular weight is 285 g/mol. The molecule has 0 N–H and O–H groups in total. The number of rotatable bonds is 6. The Hall–Kier alpha value is -0.670. The highest BCUT2D eigenvalue weighted by atomic mass is 79.9. The zero-order chi connectivity index (χ0) is 12.0. The fourth-order valence-corrected chi connectivity index (χ4v) is 1.47. The third-order valence-electron chi connectivity index (χ3n) is 2.24. The van der Waals surface area contributed by atoms with Crippen LogP contribution in [0, 0.1) is 5.92 Å². The van der Waals surface area contributed by atoms with Crippen LogP contribution in [0.5, 0.6) is 0 Å². The quantitative estimate of drug-likeness (QED) is 0.588. The molecule has 0 aliphatic rings. The molecule has 0 fully saturated rings. The standard InChI is InChI=1S/C13H17BrO2/c1-10(2)7-8-16-9-13(15)11-3-5-12(14)6-4-11/h3-6,10H,7-9H2,1-2H3. The zero-order valence-electron chi connectivity index (χ0n) is 9.70. The van der Waals surface area contributed by atoms with Crippen LogP contribution in [0.3, 0.4) is 0 Å². The highest BCUT2D eigenvalue weighted by molar-refractivity contribution is 9.10. The van der Waals surface area contributed by atoms with Crippen molar-refractivity contribution in [3.63, 3.8) is 0 Å². The molecule has 0 amide bonds. The van der Waals surface area contributed by atoms with E-state index in [-0.39, 0.29) is 12.4 Å². The third-order valence-corrected chi connectivity index (χ3v) is 2.77. The molecule has 0 saturated heterocycles. The molecule has 0 bridgehead atoms.